The number of hydrogen-bond acceptors (Lipinski definition) is 5. The van der Waals surface area contributed by atoms with Crippen LogP contribution >= 0.6 is 0 Å². The van der Waals surface area contributed by atoms with Crippen LogP contribution in [0.4, 0.5) is 0 Å². The van der Waals surface area contributed by atoms with E-state index in [4.69, 9.17) is 4.42 Å². The summed E-state index contributed by atoms with van der Waals surface area (Å²) in [4.78, 5) is 0. The Morgan fingerprint density at radius 3 is 2.50 bits per heavy atom. The Bertz CT molecular complexity index is 567. The van der Waals surface area contributed by atoms with Crippen LogP contribution in [0.3, 0.4) is 0 Å². The van der Waals surface area contributed by atoms with Gasteiger partial charge < -0.3 is 14.8 Å². The maximum atomic E-state index is 12.1. The maximum Gasteiger partial charge on any atom is 0.274 e. The van der Waals surface area contributed by atoms with Crippen LogP contribution in [0, 0.1) is 0 Å². The minimum atomic E-state index is -3.70. The van der Waals surface area contributed by atoms with Crippen molar-refractivity contribution in [2.24, 2.45) is 0 Å². The number of sulfonamides is 1. The Morgan fingerprint density at radius 1 is 1.35 bits per heavy atom. The molecule has 1 aliphatic carbocycles. The molecule has 0 spiro atoms. The van der Waals surface area contributed by atoms with Gasteiger partial charge in [0.2, 0.25) is 5.09 Å². The molecule has 7 heteroatoms. The molecule has 0 saturated heterocycles. The highest BCUT2D eigenvalue weighted by molar-refractivity contribution is 7.89. The lowest BCUT2D eigenvalue weighted by atomic mass is 10.1. The van der Waals surface area contributed by atoms with E-state index in [1.165, 1.54) is 6.07 Å². The van der Waals surface area contributed by atoms with Gasteiger partial charge in [-0.3, -0.25) is 0 Å². The highest BCUT2D eigenvalue weighted by Gasteiger charge is 2.46. The SMILES string of the molecule is CC(C)(C)NCc1ccc(S(=O)(=O)NC2(CO)CC2)o1. The molecule has 0 atom stereocenters. The lowest BCUT2D eigenvalue weighted by Crippen LogP contribution is -2.39. The zero-order valence-corrected chi connectivity index (χ0v) is 12.9. The monoisotopic (exact) mass is 302 g/mol. The number of rotatable bonds is 6. The van der Waals surface area contributed by atoms with E-state index in [1.807, 2.05) is 20.8 Å². The first kappa shape index (κ1) is 15.5. The molecule has 6 nitrogen and oxygen atoms in total. The average molecular weight is 302 g/mol. The Hall–Kier alpha value is -0.890. The fourth-order valence-electron chi connectivity index (χ4n) is 1.73. The molecule has 1 aromatic heterocycles. The molecule has 0 radical (unpaired) electrons. The van der Waals surface area contributed by atoms with Crippen LogP contribution in [-0.2, 0) is 16.6 Å². The van der Waals surface area contributed by atoms with E-state index in [0.29, 0.717) is 25.1 Å². The van der Waals surface area contributed by atoms with Gasteiger partial charge in [-0.15, -0.1) is 0 Å². The Balaban J connectivity index is 2.04. The van der Waals surface area contributed by atoms with E-state index in [9.17, 15) is 13.5 Å². The van der Waals surface area contributed by atoms with Crippen molar-refractivity contribution >= 4 is 10.0 Å². The molecular formula is C13H22N2O4S. The van der Waals surface area contributed by atoms with Gasteiger partial charge in [0.1, 0.15) is 5.76 Å². The summed E-state index contributed by atoms with van der Waals surface area (Å²) in [7, 11) is -3.70. The molecular weight excluding hydrogens is 280 g/mol. The summed E-state index contributed by atoms with van der Waals surface area (Å²) >= 11 is 0. The normalized spacial score (nSPS) is 18.2. The van der Waals surface area contributed by atoms with Gasteiger partial charge in [-0.25, -0.2) is 13.1 Å². The van der Waals surface area contributed by atoms with E-state index in [0.717, 1.165) is 0 Å². The zero-order valence-electron chi connectivity index (χ0n) is 12.1. The van der Waals surface area contributed by atoms with Crippen molar-refractivity contribution in [3.05, 3.63) is 17.9 Å². The molecule has 0 aliphatic heterocycles. The molecule has 114 valence electrons. The predicted molar refractivity (Wildman–Crippen MR) is 74.7 cm³/mol. The third kappa shape index (κ3) is 3.82. The van der Waals surface area contributed by atoms with E-state index in [-0.39, 0.29) is 17.2 Å². The molecule has 0 bridgehead atoms. The topological polar surface area (TPSA) is 91.6 Å². The number of hydrogen-bond donors (Lipinski definition) is 3. The Labute approximate surface area is 119 Å². The largest absolute Gasteiger partial charge is 0.447 e. The minimum absolute atomic E-state index is 0.0704. The summed E-state index contributed by atoms with van der Waals surface area (Å²) in [5.74, 6) is 0.564. The molecule has 1 aliphatic rings. The molecule has 1 aromatic rings. The van der Waals surface area contributed by atoms with Crippen LogP contribution in [-0.4, -0.2) is 31.2 Å². The van der Waals surface area contributed by atoms with Gasteiger partial charge in [-0.2, -0.15) is 0 Å². The maximum absolute atomic E-state index is 12.1. The fraction of sp³-hybridized carbons (Fsp3) is 0.692. The smallest absolute Gasteiger partial charge is 0.274 e. The molecule has 1 saturated carbocycles. The Morgan fingerprint density at radius 2 is 2.00 bits per heavy atom. The van der Waals surface area contributed by atoms with E-state index >= 15 is 0 Å². The highest BCUT2D eigenvalue weighted by atomic mass is 32.2. The molecule has 1 heterocycles. The van der Waals surface area contributed by atoms with Crippen LogP contribution in [0.25, 0.3) is 0 Å². The molecule has 2 rings (SSSR count). The second-order valence-electron chi connectivity index (χ2n) is 6.37. The van der Waals surface area contributed by atoms with Gasteiger partial charge in [0, 0.05) is 5.54 Å². The summed E-state index contributed by atoms with van der Waals surface area (Å²) < 4.78 is 32.1. The second-order valence-corrected chi connectivity index (χ2v) is 7.98. The summed E-state index contributed by atoms with van der Waals surface area (Å²) in [6, 6.07) is 3.08. The zero-order chi connectivity index (χ0) is 15.0. The fourth-order valence-corrected chi connectivity index (χ4v) is 3.13. The quantitative estimate of drug-likeness (QED) is 0.728. The first-order valence-corrected chi connectivity index (χ1v) is 8.13. The second kappa shape index (κ2) is 5.14. The number of aliphatic hydroxyl groups excluding tert-OH is 1. The predicted octanol–water partition coefficient (Wildman–Crippen LogP) is 0.971. The van der Waals surface area contributed by atoms with Gasteiger partial charge in [0.15, 0.2) is 0 Å². The van der Waals surface area contributed by atoms with Crippen molar-refractivity contribution in [3.63, 3.8) is 0 Å². The van der Waals surface area contributed by atoms with E-state index in [2.05, 4.69) is 10.0 Å². The molecule has 0 amide bonds. The first-order chi connectivity index (χ1) is 9.16. The van der Waals surface area contributed by atoms with Crippen LogP contribution in [0.5, 0.6) is 0 Å². The van der Waals surface area contributed by atoms with Crippen LogP contribution < -0.4 is 10.0 Å². The lowest BCUT2D eigenvalue weighted by Gasteiger charge is -2.19. The van der Waals surface area contributed by atoms with Gasteiger partial charge in [0.05, 0.1) is 18.7 Å². The van der Waals surface area contributed by atoms with Crippen molar-refractivity contribution in [1.82, 2.24) is 10.0 Å². The molecule has 0 aromatic carbocycles. The van der Waals surface area contributed by atoms with E-state index < -0.39 is 15.6 Å². The van der Waals surface area contributed by atoms with Crippen LogP contribution in [0.15, 0.2) is 21.6 Å². The van der Waals surface area contributed by atoms with E-state index in [1.54, 1.807) is 6.07 Å². The standard InChI is InChI=1S/C13H22N2O4S/c1-12(2,3)14-8-10-4-5-11(19-10)20(17,18)15-13(9-16)6-7-13/h4-5,14-16H,6-9H2,1-3H3. The third-order valence-corrected chi connectivity index (χ3v) is 4.65. The van der Waals surface area contributed by atoms with Gasteiger partial charge in [-0.1, -0.05) is 0 Å². The number of nitrogens with one attached hydrogen (secondary N) is 2. The van der Waals surface area contributed by atoms with Crippen molar-refractivity contribution < 1.29 is 17.9 Å². The summed E-state index contributed by atoms with van der Waals surface area (Å²) in [6.07, 6.45) is 1.31. The first-order valence-electron chi connectivity index (χ1n) is 6.64. The van der Waals surface area contributed by atoms with Gasteiger partial charge in [0.25, 0.3) is 10.0 Å². The van der Waals surface area contributed by atoms with Crippen molar-refractivity contribution in [1.29, 1.82) is 0 Å². The van der Waals surface area contributed by atoms with Gasteiger partial charge >= 0.3 is 0 Å². The summed E-state index contributed by atoms with van der Waals surface area (Å²) in [5.41, 5.74) is -0.755. The van der Waals surface area contributed by atoms with Crippen molar-refractivity contribution in [2.45, 2.75) is 56.3 Å². The van der Waals surface area contributed by atoms with Crippen molar-refractivity contribution in [3.8, 4) is 0 Å². The summed E-state index contributed by atoms with van der Waals surface area (Å²) in [6.45, 7) is 6.34. The molecule has 3 N–H and O–H groups in total. The van der Waals surface area contributed by atoms with Gasteiger partial charge in [-0.05, 0) is 45.7 Å². The molecule has 20 heavy (non-hydrogen) atoms. The third-order valence-electron chi connectivity index (χ3n) is 3.20. The number of aliphatic hydroxyl groups is 1. The highest BCUT2D eigenvalue weighted by Crippen LogP contribution is 2.36. The van der Waals surface area contributed by atoms with Crippen LogP contribution in [0.1, 0.15) is 39.4 Å². The minimum Gasteiger partial charge on any atom is -0.447 e. The molecule has 1 fully saturated rings. The van der Waals surface area contributed by atoms with Crippen LogP contribution in [0.2, 0.25) is 0 Å². The Kier molecular flexibility index (Phi) is 3.98. The summed E-state index contributed by atoms with van der Waals surface area (Å²) in [5, 5.41) is 12.3. The van der Waals surface area contributed by atoms with Crippen molar-refractivity contribution in [2.75, 3.05) is 6.61 Å². The lowest BCUT2D eigenvalue weighted by molar-refractivity contribution is 0.245. The number of furan rings is 1. The average Bonchev–Trinajstić information content (AvgIpc) is 2.91. The molecule has 0 unspecified atom stereocenters.